The molecule has 0 bridgehead atoms. The van der Waals surface area contributed by atoms with Crippen molar-refractivity contribution in [3.05, 3.63) is 82.2 Å². The molecule has 1 heterocycles. The lowest BCUT2D eigenvalue weighted by Crippen LogP contribution is -2.01. The fourth-order valence-electron chi connectivity index (χ4n) is 2.69. The molecule has 0 saturated carbocycles. The van der Waals surface area contributed by atoms with Gasteiger partial charge in [-0.3, -0.25) is 0 Å². The van der Waals surface area contributed by atoms with E-state index in [4.69, 9.17) is 9.15 Å². The summed E-state index contributed by atoms with van der Waals surface area (Å²) in [7, 11) is 0. The van der Waals surface area contributed by atoms with Crippen LogP contribution in [0.4, 0.5) is 0 Å². The highest BCUT2D eigenvalue weighted by Crippen LogP contribution is 2.24. The summed E-state index contributed by atoms with van der Waals surface area (Å²) >= 11 is 0. The summed E-state index contributed by atoms with van der Waals surface area (Å²) in [6.07, 6.45) is 3.65. The molecule has 0 aliphatic carbocycles. The molecule has 0 spiro atoms. The fourth-order valence-corrected chi connectivity index (χ4v) is 2.69. The third kappa shape index (κ3) is 3.57. The molecule has 24 heavy (non-hydrogen) atoms. The molecule has 3 rings (SSSR count). The molecule has 0 saturated heterocycles. The first-order valence-electron chi connectivity index (χ1n) is 8.10. The first-order valence-corrected chi connectivity index (χ1v) is 8.10. The molecular weight excluding hydrogens is 300 g/mol. The van der Waals surface area contributed by atoms with Gasteiger partial charge in [0.1, 0.15) is 17.9 Å². The Labute approximate surface area is 141 Å². The van der Waals surface area contributed by atoms with Crippen molar-refractivity contribution in [2.75, 3.05) is 0 Å². The Morgan fingerprint density at radius 2 is 1.92 bits per heavy atom. The molecule has 0 fully saturated rings. The van der Waals surface area contributed by atoms with Crippen molar-refractivity contribution in [1.82, 2.24) is 0 Å². The molecule has 0 N–H and O–H groups in total. The highest BCUT2D eigenvalue weighted by atomic mass is 16.5. The average Bonchev–Trinajstić information content (AvgIpc) is 2.60. The maximum atomic E-state index is 11.7. The van der Waals surface area contributed by atoms with Crippen LogP contribution in [0.5, 0.6) is 5.75 Å². The van der Waals surface area contributed by atoms with Crippen LogP contribution in [-0.4, -0.2) is 0 Å². The Morgan fingerprint density at radius 1 is 1.12 bits per heavy atom. The Hall–Kier alpha value is -2.81. The lowest BCUT2D eigenvalue weighted by Gasteiger charge is -2.09. The summed E-state index contributed by atoms with van der Waals surface area (Å²) in [6.45, 7) is 6.30. The quantitative estimate of drug-likeness (QED) is 0.602. The lowest BCUT2D eigenvalue weighted by molar-refractivity contribution is 0.306. The predicted molar refractivity (Wildman–Crippen MR) is 97.3 cm³/mol. The van der Waals surface area contributed by atoms with Crippen molar-refractivity contribution >= 4 is 17.0 Å². The van der Waals surface area contributed by atoms with Crippen molar-refractivity contribution in [2.24, 2.45) is 0 Å². The molecule has 3 aromatic rings. The van der Waals surface area contributed by atoms with E-state index in [0.29, 0.717) is 17.9 Å². The first-order chi connectivity index (χ1) is 11.7. The third-order valence-electron chi connectivity index (χ3n) is 3.94. The van der Waals surface area contributed by atoms with Gasteiger partial charge in [0, 0.05) is 17.5 Å². The van der Waals surface area contributed by atoms with Crippen LogP contribution in [0, 0.1) is 0 Å². The van der Waals surface area contributed by atoms with Crippen molar-refractivity contribution in [2.45, 2.75) is 26.4 Å². The Bertz CT molecular complexity index is 905. The highest BCUT2D eigenvalue weighted by Gasteiger charge is 2.07. The van der Waals surface area contributed by atoms with E-state index in [0.717, 1.165) is 34.9 Å². The van der Waals surface area contributed by atoms with E-state index < -0.39 is 0 Å². The van der Waals surface area contributed by atoms with Gasteiger partial charge in [-0.05, 0) is 35.2 Å². The van der Waals surface area contributed by atoms with E-state index in [1.807, 2.05) is 42.5 Å². The van der Waals surface area contributed by atoms with Crippen LogP contribution in [0.3, 0.4) is 0 Å². The zero-order chi connectivity index (χ0) is 16.9. The van der Waals surface area contributed by atoms with Crippen LogP contribution in [0.1, 0.15) is 30.0 Å². The number of aryl methyl sites for hydroxylation is 1. The minimum atomic E-state index is -0.317. The minimum absolute atomic E-state index is 0.317. The van der Waals surface area contributed by atoms with E-state index >= 15 is 0 Å². The molecule has 122 valence electrons. The number of benzene rings is 2. The van der Waals surface area contributed by atoms with E-state index in [1.54, 1.807) is 12.1 Å². The smallest absolute Gasteiger partial charge is 0.336 e. The molecule has 0 aliphatic heterocycles. The lowest BCUT2D eigenvalue weighted by atomic mass is 10.1. The van der Waals surface area contributed by atoms with Crippen LogP contribution in [0.25, 0.3) is 17.0 Å². The summed E-state index contributed by atoms with van der Waals surface area (Å²) in [5.41, 5.74) is 3.43. The Kier molecular flexibility index (Phi) is 4.80. The minimum Gasteiger partial charge on any atom is -0.489 e. The summed E-state index contributed by atoms with van der Waals surface area (Å²) in [5.74, 6) is 0.687. The zero-order valence-corrected chi connectivity index (χ0v) is 13.7. The summed E-state index contributed by atoms with van der Waals surface area (Å²) < 4.78 is 11.2. The van der Waals surface area contributed by atoms with Gasteiger partial charge >= 0.3 is 5.63 Å². The highest BCUT2D eigenvalue weighted by molar-refractivity contribution is 5.81. The Balaban J connectivity index is 1.82. The van der Waals surface area contributed by atoms with Crippen LogP contribution in [0.15, 0.2) is 64.3 Å². The fraction of sp³-hybridized carbons (Fsp3) is 0.190. The molecule has 0 aliphatic rings. The second kappa shape index (κ2) is 7.18. The van der Waals surface area contributed by atoms with Crippen molar-refractivity contribution in [1.29, 1.82) is 0 Å². The van der Waals surface area contributed by atoms with Gasteiger partial charge in [-0.1, -0.05) is 50.3 Å². The van der Waals surface area contributed by atoms with Gasteiger partial charge in [0.05, 0.1) is 0 Å². The van der Waals surface area contributed by atoms with Crippen molar-refractivity contribution in [3.63, 3.8) is 0 Å². The van der Waals surface area contributed by atoms with Crippen LogP contribution < -0.4 is 10.4 Å². The van der Waals surface area contributed by atoms with Gasteiger partial charge in [-0.2, -0.15) is 0 Å². The summed E-state index contributed by atoms with van der Waals surface area (Å²) in [4.78, 5) is 11.7. The Morgan fingerprint density at radius 3 is 2.62 bits per heavy atom. The van der Waals surface area contributed by atoms with Gasteiger partial charge in [-0.25, -0.2) is 4.79 Å². The molecule has 0 unspecified atom stereocenters. The second-order valence-corrected chi connectivity index (χ2v) is 5.73. The van der Waals surface area contributed by atoms with Gasteiger partial charge in [0.15, 0.2) is 0 Å². The van der Waals surface area contributed by atoms with Crippen LogP contribution in [0.2, 0.25) is 0 Å². The maximum Gasteiger partial charge on any atom is 0.336 e. The molecule has 2 aromatic carbocycles. The molecule has 1 aromatic heterocycles. The third-order valence-corrected chi connectivity index (χ3v) is 3.94. The SMILES string of the molecule is C=Cc1ccc(COc2ccc3c(CCC)cc(=O)oc3c2)cc1. The predicted octanol–water partition coefficient (Wildman–Crippen LogP) is 4.97. The summed E-state index contributed by atoms with van der Waals surface area (Å²) in [6, 6.07) is 15.3. The number of rotatable bonds is 6. The largest absolute Gasteiger partial charge is 0.489 e. The molecule has 0 atom stereocenters. The van der Waals surface area contributed by atoms with E-state index in [2.05, 4.69) is 13.5 Å². The van der Waals surface area contributed by atoms with E-state index in [1.165, 1.54) is 0 Å². The van der Waals surface area contributed by atoms with Gasteiger partial charge in [0.25, 0.3) is 0 Å². The number of hydrogen-bond donors (Lipinski definition) is 0. The van der Waals surface area contributed by atoms with Gasteiger partial charge < -0.3 is 9.15 Å². The molecule has 0 amide bonds. The van der Waals surface area contributed by atoms with Crippen molar-refractivity contribution < 1.29 is 9.15 Å². The molecular formula is C21H20O3. The normalized spacial score (nSPS) is 10.7. The molecule has 0 radical (unpaired) electrons. The van der Waals surface area contributed by atoms with Gasteiger partial charge in [0.2, 0.25) is 0 Å². The standard InChI is InChI=1S/C21H20O3/c1-3-5-17-12-21(22)24-20-13-18(10-11-19(17)20)23-14-16-8-6-15(4-2)7-9-16/h4,6-13H,2-3,5,14H2,1H3. The summed E-state index contributed by atoms with van der Waals surface area (Å²) in [5, 5.41) is 0.971. The average molecular weight is 320 g/mol. The van der Waals surface area contributed by atoms with Crippen LogP contribution in [-0.2, 0) is 13.0 Å². The van der Waals surface area contributed by atoms with Gasteiger partial charge in [-0.15, -0.1) is 0 Å². The number of hydrogen-bond acceptors (Lipinski definition) is 3. The topological polar surface area (TPSA) is 39.4 Å². The number of ether oxygens (including phenoxy) is 1. The van der Waals surface area contributed by atoms with Crippen molar-refractivity contribution in [3.8, 4) is 5.75 Å². The van der Waals surface area contributed by atoms with E-state index in [9.17, 15) is 4.79 Å². The first kappa shape index (κ1) is 16.1. The molecule has 3 nitrogen and oxygen atoms in total. The maximum absolute atomic E-state index is 11.7. The van der Waals surface area contributed by atoms with E-state index in [-0.39, 0.29) is 5.63 Å². The zero-order valence-electron chi connectivity index (χ0n) is 13.7. The number of fused-ring (bicyclic) bond motifs is 1. The molecule has 3 heteroatoms. The second-order valence-electron chi connectivity index (χ2n) is 5.73. The van der Waals surface area contributed by atoms with Crippen LogP contribution >= 0.6 is 0 Å². The monoisotopic (exact) mass is 320 g/mol.